The standard InChI is InChI=1S/C19H21Cl2N3S/c1-14-2-5-16(6-3-14)22-19(25)24-10-8-23(9-11-24)13-15-4-7-17(20)18(21)12-15/h2-7,12H,8-11,13H2,1H3,(H,22,25). The summed E-state index contributed by atoms with van der Waals surface area (Å²) in [5.74, 6) is 0. The number of piperazine rings is 1. The third kappa shape index (κ3) is 5.08. The van der Waals surface area contributed by atoms with Gasteiger partial charge in [0.05, 0.1) is 10.0 Å². The summed E-state index contributed by atoms with van der Waals surface area (Å²) in [7, 11) is 0. The zero-order chi connectivity index (χ0) is 17.8. The number of hydrogen-bond acceptors (Lipinski definition) is 2. The van der Waals surface area contributed by atoms with Crippen molar-refractivity contribution in [2.24, 2.45) is 0 Å². The zero-order valence-corrected chi connectivity index (χ0v) is 16.5. The first-order valence-corrected chi connectivity index (χ1v) is 9.46. The number of nitrogens with zero attached hydrogens (tertiary/aromatic N) is 2. The van der Waals surface area contributed by atoms with Crippen LogP contribution in [0.3, 0.4) is 0 Å². The van der Waals surface area contributed by atoms with Crippen LogP contribution in [-0.2, 0) is 6.54 Å². The van der Waals surface area contributed by atoms with Gasteiger partial charge >= 0.3 is 0 Å². The van der Waals surface area contributed by atoms with Gasteiger partial charge in [-0.15, -0.1) is 0 Å². The Balaban J connectivity index is 1.50. The summed E-state index contributed by atoms with van der Waals surface area (Å²) in [6, 6.07) is 14.1. The molecule has 1 N–H and O–H groups in total. The van der Waals surface area contributed by atoms with E-state index >= 15 is 0 Å². The minimum absolute atomic E-state index is 0.600. The molecule has 132 valence electrons. The summed E-state index contributed by atoms with van der Waals surface area (Å²) in [6.07, 6.45) is 0. The summed E-state index contributed by atoms with van der Waals surface area (Å²) < 4.78 is 0. The fraction of sp³-hybridized carbons (Fsp3) is 0.316. The molecule has 1 fully saturated rings. The fourth-order valence-electron chi connectivity index (χ4n) is 2.84. The second kappa shape index (κ2) is 8.37. The van der Waals surface area contributed by atoms with Gasteiger partial charge in [0, 0.05) is 38.4 Å². The molecule has 25 heavy (non-hydrogen) atoms. The van der Waals surface area contributed by atoms with Crippen molar-refractivity contribution in [1.82, 2.24) is 9.80 Å². The molecule has 6 heteroatoms. The van der Waals surface area contributed by atoms with Crippen molar-refractivity contribution >= 4 is 46.2 Å². The highest BCUT2D eigenvalue weighted by Crippen LogP contribution is 2.23. The van der Waals surface area contributed by atoms with Crippen LogP contribution in [0.1, 0.15) is 11.1 Å². The molecule has 2 aromatic rings. The Bertz CT molecular complexity index is 741. The van der Waals surface area contributed by atoms with Gasteiger partial charge in [-0.3, -0.25) is 4.90 Å². The first kappa shape index (κ1) is 18.5. The van der Waals surface area contributed by atoms with E-state index in [1.807, 2.05) is 18.2 Å². The maximum Gasteiger partial charge on any atom is 0.173 e. The molecule has 1 saturated heterocycles. The number of aryl methyl sites for hydroxylation is 1. The minimum atomic E-state index is 0.600. The van der Waals surface area contributed by atoms with E-state index in [0.29, 0.717) is 10.0 Å². The number of halogens is 2. The number of nitrogens with one attached hydrogen (secondary N) is 1. The molecule has 0 unspecified atom stereocenters. The molecule has 1 aliphatic rings. The van der Waals surface area contributed by atoms with Gasteiger partial charge in [-0.05, 0) is 49.0 Å². The summed E-state index contributed by atoms with van der Waals surface area (Å²) in [6.45, 7) is 6.72. The van der Waals surface area contributed by atoms with Gasteiger partial charge in [0.25, 0.3) is 0 Å². The van der Waals surface area contributed by atoms with Gasteiger partial charge in [0.15, 0.2) is 5.11 Å². The predicted octanol–water partition coefficient (Wildman–Crippen LogP) is 4.82. The molecule has 0 spiro atoms. The molecular weight excluding hydrogens is 373 g/mol. The Labute approximate surface area is 164 Å². The van der Waals surface area contributed by atoms with E-state index in [1.54, 1.807) is 0 Å². The van der Waals surface area contributed by atoms with Gasteiger partial charge in [-0.1, -0.05) is 47.0 Å². The highest BCUT2D eigenvalue weighted by molar-refractivity contribution is 7.80. The van der Waals surface area contributed by atoms with Crippen LogP contribution in [0.4, 0.5) is 5.69 Å². The highest BCUT2D eigenvalue weighted by Gasteiger charge is 2.19. The molecule has 0 radical (unpaired) electrons. The van der Waals surface area contributed by atoms with Crippen molar-refractivity contribution in [2.75, 3.05) is 31.5 Å². The SMILES string of the molecule is Cc1ccc(NC(=S)N2CCN(Cc3ccc(Cl)c(Cl)c3)CC2)cc1. The molecule has 0 saturated carbocycles. The van der Waals surface area contributed by atoms with Gasteiger partial charge in [0.2, 0.25) is 0 Å². The van der Waals surface area contributed by atoms with Crippen LogP contribution in [0.2, 0.25) is 10.0 Å². The number of hydrogen-bond donors (Lipinski definition) is 1. The molecule has 0 bridgehead atoms. The topological polar surface area (TPSA) is 18.5 Å². The maximum absolute atomic E-state index is 6.10. The fourth-order valence-corrected chi connectivity index (χ4v) is 3.47. The molecule has 0 amide bonds. The average molecular weight is 394 g/mol. The van der Waals surface area contributed by atoms with Crippen LogP contribution in [0.5, 0.6) is 0 Å². The number of benzene rings is 2. The van der Waals surface area contributed by atoms with Gasteiger partial charge < -0.3 is 10.2 Å². The van der Waals surface area contributed by atoms with E-state index in [4.69, 9.17) is 35.4 Å². The molecule has 0 aliphatic carbocycles. The molecule has 3 rings (SSSR count). The Morgan fingerprint density at radius 1 is 1.00 bits per heavy atom. The lowest BCUT2D eigenvalue weighted by Crippen LogP contribution is -2.49. The van der Waals surface area contributed by atoms with Gasteiger partial charge in [0.1, 0.15) is 0 Å². The number of thiocarbonyl (C=S) groups is 1. The Morgan fingerprint density at radius 3 is 2.32 bits per heavy atom. The van der Waals surface area contributed by atoms with E-state index in [2.05, 4.69) is 46.3 Å². The second-order valence-corrected chi connectivity index (χ2v) is 7.51. The van der Waals surface area contributed by atoms with Crippen LogP contribution in [0.15, 0.2) is 42.5 Å². The van der Waals surface area contributed by atoms with E-state index in [1.165, 1.54) is 11.1 Å². The van der Waals surface area contributed by atoms with Crippen molar-refractivity contribution in [3.8, 4) is 0 Å². The minimum Gasteiger partial charge on any atom is -0.346 e. The van der Waals surface area contributed by atoms with Crippen molar-refractivity contribution in [3.63, 3.8) is 0 Å². The van der Waals surface area contributed by atoms with Crippen LogP contribution in [0.25, 0.3) is 0 Å². The Kier molecular flexibility index (Phi) is 6.18. The predicted molar refractivity (Wildman–Crippen MR) is 111 cm³/mol. The van der Waals surface area contributed by atoms with Crippen molar-refractivity contribution in [1.29, 1.82) is 0 Å². The van der Waals surface area contributed by atoms with Crippen LogP contribution in [-0.4, -0.2) is 41.1 Å². The lowest BCUT2D eigenvalue weighted by Gasteiger charge is -2.36. The molecule has 1 aliphatic heterocycles. The van der Waals surface area contributed by atoms with E-state index in [0.717, 1.165) is 43.5 Å². The molecule has 1 heterocycles. The molecule has 0 atom stereocenters. The van der Waals surface area contributed by atoms with Gasteiger partial charge in [-0.25, -0.2) is 0 Å². The molecule has 0 aromatic heterocycles. The van der Waals surface area contributed by atoms with Crippen molar-refractivity contribution in [3.05, 3.63) is 63.6 Å². The lowest BCUT2D eigenvalue weighted by molar-refractivity contribution is 0.177. The summed E-state index contributed by atoms with van der Waals surface area (Å²) >= 11 is 17.6. The third-order valence-electron chi connectivity index (χ3n) is 4.35. The van der Waals surface area contributed by atoms with E-state index < -0.39 is 0 Å². The zero-order valence-electron chi connectivity index (χ0n) is 14.1. The van der Waals surface area contributed by atoms with Crippen LogP contribution < -0.4 is 5.32 Å². The quantitative estimate of drug-likeness (QED) is 0.753. The monoisotopic (exact) mass is 393 g/mol. The number of anilines is 1. The molecule has 2 aromatic carbocycles. The van der Waals surface area contributed by atoms with Crippen molar-refractivity contribution < 1.29 is 0 Å². The Morgan fingerprint density at radius 2 is 1.68 bits per heavy atom. The van der Waals surface area contributed by atoms with E-state index in [9.17, 15) is 0 Å². The second-order valence-electron chi connectivity index (χ2n) is 6.31. The number of rotatable bonds is 3. The summed E-state index contributed by atoms with van der Waals surface area (Å²) in [5, 5.41) is 5.33. The lowest BCUT2D eigenvalue weighted by atomic mass is 10.2. The highest BCUT2D eigenvalue weighted by atomic mass is 35.5. The smallest absolute Gasteiger partial charge is 0.173 e. The largest absolute Gasteiger partial charge is 0.346 e. The first-order chi connectivity index (χ1) is 12.0. The average Bonchev–Trinajstić information content (AvgIpc) is 2.61. The summed E-state index contributed by atoms with van der Waals surface area (Å²) in [5.41, 5.74) is 3.46. The summed E-state index contributed by atoms with van der Waals surface area (Å²) in [4.78, 5) is 4.63. The third-order valence-corrected chi connectivity index (χ3v) is 5.45. The molecular formula is C19H21Cl2N3S. The first-order valence-electron chi connectivity index (χ1n) is 8.30. The van der Waals surface area contributed by atoms with E-state index in [-0.39, 0.29) is 0 Å². The Hall–Kier alpha value is -1.33. The normalized spacial score (nSPS) is 15.2. The molecule has 3 nitrogen and oxygen atoms in total. The van der Waals surface area contributed by atoms with Crippen LogP contribution in [0, 0.1) is 6.92 Å². The van der Waals surface area contributed by atoms with Crippen LogP contribution >= 0.6 is 35.4 Å². The van der Waals surface area contributed by atoms with Gasteiger partial charge in [-0.2, -0.15) is 0 Å². The maximum atomic E-state index is 6.10. The van der Waals surface area contributed by atoms with Crippen molar-refractivity contribution in [2.45, 2.75) is 13.5 Å².